The Balaban J connectivity index is 1.62. The summed E-state index contributed by atoms with van der Waals surface area (Å²) >= 11 is 2.97. The highest BCUT2D eigenvalue weighted by Crippen LogP contribution is 2.27. The first-order valence-corrected chi connectivity index (χ1v) is 10.0. The zero-order valence-corrected chi connectivity index (χ0v) is 16.3. The van der Waals surface area contributed by atoms with E-state index in [0.29, 0.717) is 22.6 Å². The molecule has 1 N–H and O–H groups in total. The molecule has 0 saturated heterocycles. The van der Waals surface area contributed by atoms with Crippen LogP contribution in [0.4, 0.5) is 0 Å². The Morgan fingerprint density at radius 2 is 2.12 bits per heavy atom. The molecule has 2 heterocycles. The molecule has 25 heavy (non-hydrogen) atoms. The molecule has 3 aromatic rings. The molecular formula is C18H21N3O2S2. The number of nitrogens with zero attached hydrogens (tertiary/aromatic N) is 2. The molecule has 0 aliphatic carbocycles. The number of amides is 1. The SMILES string of the molecule is Cc1ccc2oc(SCc3nc(C(=O)N[C@@H](C)C(C)C)cs3)nc2c1. The summed E-state index contributed by atoms with van der Waals surface area (Å²) in [5, 5.41) is 6.27. The van der Waals surface area contributed by atoms with Crippen molar-refractivity contribution in [2.24, 2.45) is 5.92 Å². The Labute approximate surface area is 155 Å². The Bertz CT molecular complexity index is 885. The van der Waals surface area contributed by atoms with Gasteiger partial charge in [0, 0.05) is 11.4 Å². The number of rotatable bonds is 6. The van der Waals surface area contributed by atoms with E-state index in [4.69, 9.17) is 4.42 Å². The maximum atomic E-state index is 12.2. The molecule has 0 fully saturated rings. The molecule has 7 heteroatoms. The fourth-order valence-corrected chi connectivity index (χ4v) is 3.76. The Morgan fingerprint density at radius 1 is 1.32 bits per heavy atom. The van der Waals surface area contributed by atoms with Crippen molar-refractivity contribution in [3.05, 3.63) is 39.8 Å². The summed E-state index contributed by atoms with van der Waals surface area (Å²) in [5.41, 5.74) is 3.28. The molecule has 0 unspecified atom stereocenters. The van der Waals surface area contributed by atoms with Gasteiger partial charge in [-0.25, -0.2) is 9.97 Å². The van der Waals surface area contributed by atoms with Gasteiger partial charge in [-0.1, -0.05) is 31.7 Å². The molecule has 0 radical (unpaired) electrons. The number of carbonyl (C=O) groups is 1. The number of oxazole rings is 1. The third-order valence-electron chi connectivity index (χ3n) is 3.99. The number of fused-ring (bicyclic) bond motifs is 1. The van der Waals surface area contributed by atoms with Crippen LogP contribution in [0.1, 0.15) is 41.8 Å². The fraction of sp³-hybridized carbons (Fsp3) is 0.389. The van der Waals surface area contributed by atoms with Crippen molar-refractivity contribution in [1.29, 1.82) is 0 Å². The second-order valence-electron chi connectivity index (χ2n) is 6.37. The highest BCUT2D eigenvalue weighted by Gasteiger charge is 2.16. The molecule has 0 spiro atoms. The minimum Gasteiger partial charge on any atom is -0.431 e. The topological polar surface area (TPSA) is 68.0 Å². The number of nitrogens with one attached hydrogen (secondary N) is 1. The number of carbonyl (C=O) groups excluding carboxylic acids is 1. The summed E-state index contributed by atoms with van der Waals surface area (Å²) in [4.78, 5) is 21.1. The molecule has 0 aliphatic rings. The number of thiazole rings is 1. The van der Waals surface area contributed by atoms with Gasteiger partial charge in [-0.2, -0.15) is 0 Å². The quantitative estimate of drug-likeness (QED) is 0.635. The van der Waals surface area contributed by atoms with Crippen LogP contribution in [-0.2, 0) is 5.75 Å². The van der Waals surface area contributed by atoms with Crippen LogP contribution in [0.25, 0.3) is 11.1 Å². The van der Waals surface area contributed by atoms with Crippen molar-refractivity contribution in [3.8, 4) is 0 Å². The highest BCUT2D eigenvalue weighted by molar-refractivity contribution is 7.98. The van der Waals surface area contributed by atoms with E-state index in [-0.39, 0.29) is 11.9 Å². The molecule has 3 rings (SSSR count). The first kappa shape index (κ1) is 17.9. The highest BCUT2D eigenvalue weighted by atomic mass is 32.2. The van der Waals surface area contributed by atoms with Crippen LogP contribution in [0, 0.1) is 12.8 Å². The molecule has 1 atom stereocenters. The number of hydrogen-bond donors (Lipinski definition) is 1. The van der Waals surface area contributed by atoms with Crippen molar-refractivity contribution >= 4 is 40.1 Å². The normalized spacial score (nSPS) is 12.7. The number of hydrogen-bond acceptors (Lipinski definition) is 6. The fourth-order valence-electron chi connectivity index (χ4n) is 2.13. The maximum Gasteiger partial charge on any atom is 0.270 e. The predicted molar refractivity (Wildman–Crippen MR) is 102 cm³/mol. The van der Waals surface area contributed by atoms with E-state index >= 15 is 0 Å². The average molecular weight is 376 g/mol. The van der Waals surface area contributed by atoms with Gasteiger partial charge in [0.1, 0.15) is 16.2 Å². The minimum absolute atomic E-state index is 0.119. The summed E-state index contributed by atoms with van der Waals surface area (Å²) in [6.07, 6.45) is 0. The lowest BCUT2D eigenvalue weighted by atomic mass is 10.1. The summed E-state index contributed by atoms with van der Waals surface area (Å²) in [6, 6.07) is 6.06. The Hall–Kier alpha value is -1.86. The largest absolute Gasteiger partial charge is 0.431 e. The van der Waals surface area contributed by atoms with E-state index in [0.717, 1.165) is 21.7 Å². The van der Waals surface area contributed by atoms with Gasteiger partial charge in [0.25, 0.3) is 11.1 Å². The third-order valence-corrected chi connectivity index (χ3v) is 5.86. The van der Waals surface area contributed by atoms with Crippen molar-refractivity contribution in [1.82, 2.24) is 15.3 Å². The van der Waals surface area contributed by atoms with Crippen LogP contribution >= 0.6 is 23.1 Å². The number of thioether (sulfide) groups is 1. The predicted octanol–water partition coefficient (Wildman–Crippen LogP) is 4.66. The van der Waals surface area contributed by atoms with Gasteiger partial charge in [0.15, 0.2) is 5.58 Å². The van der Waals surface area contributed by atoms with Crippen molar-refractivity contribution < 1.29 is 9.21 Å². The van der Waals surface area contributed by atoms with E-state index in [1.807, 2.05) is 32.0 Å². The number of aromatic nitrogens is 2. The molecule has 132 valence electrons. The van der Waals surface area contributed by atoms with E-state index in [2.05, 4.69) is 29.1 Å². The van der Waals surface area contributed by atoms with Gasteiger partial charge < -0.3 is 9.73 Å². The van der Waals surface area contributed by atoms with E-state index in [1.165, 1.54) is 23.1 Å². The van der Waals surface area contributed by atoms with Crippen molar-refractivity contribution in [2.45, 2.75) is 44.7 Å². The van der Waals surface area contributed by atoms with Gasteiger partial charge in [-0.15, -0.1) is 11.3 Å². The van der Waals surface area contributed by atoms with Gasteiger partial charge in [-0.05, 0) is 37.5 Å². The lowest BCUT2D eigenvalue weighted by Gasteiger charge is -2.16. The lowest BCUT2D eigenvalue weighted by Crippen LogP contribution is -2.36. The van der Waals surface area contributed by atoms with Crippen LogP contribution in [-0.4, -0.2) is 21.9 Å². The molecule has 0 bridgehead atoms. The van der Waals surface area contributed by atoms with Crippen molar-refractivity contribution in [3.63, 3.8) is 0 Å². The van der Waals surface area contributed by atoms with Gasteiger partial charge in [0.05, 0.1) is 5.75 Å². The monoisotopic (exact) mass is 375 g/mol. The number of aryl methyl sites for hydroxylation is 1. The van der Waals surface area contributed by atoms with Crippen LogP contribution < -0.4 is 5.32 Å². The second kappa shape index (κ2) is 7.58. The van der Waals surface area contributed by atoms with Gasteiger partial charge >= 0.3 is 0 Å². The summed E-state index contributed by atoms with van der Waals surface area (Å²) in [7, 11) is 0. The Morgan fingerprint density at radius 3 is 2.88 bits per heavy atom. The van der Waals surface area contributed by atoms with Crippen LogP contribution in [0.2, 0.25) is 0 Å². The average Bonchev–Trinajstić information content (AvgIpc) is 3.18. The van der Waals surface area contributed by atoms with Crippen LogP contribution in [0.15, 0.2) is 33.2 Å². The van der Waals surface area contributed by atoms with Gasteiger partial charge in [-0.3, -0.25) is 4.79 Å². The van der Waals surface area contributed by atoms with E-state index < -0.39 is 0 Å². The molecule has 1 aromatic carbocycles. The molecular weight excluding hydrogens is 354 g/mol. The minimum atomic E-state index is -0.119. The number of benzene rings is 1. The third kappa shape index (κ3) is 4.41. The summed E-state index contributed by atoms with van der Waals surface area (Å²) in [6.45, 7) is 8.19. The molecule has 2 aromatic heterocycles. The molecule has 1 amide bonds. The maximum absolute atomic E-state index is 12.2. The van der Waals surface area contributed by atoms with Gasteiger partial charge in [0.2, 0.25) is 0 Å². The summed E-state index contributed by atoms with van der Waals surface area (Å²) in [5.74, 6) is 0.898. The van der Waals surface area contributed by atoms with Crippen LogP contribution in [0.3, 0.4) is 0 Å². The second-order valence-corrected chi connectivity index (χ2v) is 8.24. The lowest BCUT2D eigenvalue weighted by molar-refractivity contribution is 0.0926. The Kier molecular flexibility index (Phi) is 5.44. The molecule has 0 aliphatic heterocycles. The van der Waals surface area contributed by atoms with Crippen LogP contribution in [0.5, 0.6) is 0 Å². The van der Waals surface area contributed by atoms with E-state index in [9.17, 15) is 4.79 Å². The standard InChI is InChI=1S/C18H21N3O2S2/c1-10(2)12(4)19-17(22)14-8-24-16(20-14)9-25-18-21-13-7-11(3)5-6-15(13)23-18/h5-8,10,12H,9H2,1-4H3,(H,19,22)/t12-/m0/s1. The smallest absolute Gasteiger partial charge is 0.270 e. The zero-order chi connectivity index (χ0) is 18.0. The first-order valence-electron chi connectivity index (χ1n) is 8.17. The van der Waals surface area contributed by atoms with E-state index in [1.54, 1.807) is 5.38 Å². The first-order chi connectivity index (χ1) is 11.9. The summed E-state index contributed by atoms with van der Waals surface area (Å²) < 4.78 is 5.73. The molecule has 5 nitrogen and oxygen atoms in total. The zero-order valence-electron chi connectivity index (χ0n) is 14.7. The molecule has 0 saturated carbocycles. The van der Waals surface area contributed by atoms with Crippen molar-refractivity contribution in [2.75, 3.05) is 0 Å².